The average Bonchev–Trinajstić information content (AvgIpc) is 2.39. The summed E-state index contributed by atoms with van der Waals surface area (Å²) in [6, 6.07) is 13.9. The zero-order valence-corrected chi connectivity index (χ0v) is 10.7. The first-order valence-electron chi connectivity index (χ1n) is 5.26. The second-order valence-corrected chi connectivity index (χ2v) is 4.13. The molecule has 0 saturated heterocycles. The average molecular weight is 246 g/mol. The first-order valence-corrected chi connectivity index (χ1v) is 5.70. The highest BCUT2D eigenvalue weighted by Crippen LogP contribution is 2.32. The number of benzene rings is 2. The highest BCUT2D eigenvalue weighted by molar-refractivity contribution is 7.80. The van der Waals surface area contributed by atoms with Gasteiger partial charge in [0.25, 0.3) is 0 Å². The molecule has 0 aromatic heterocycles. The van der Waals surface area contributed by atoms with Crippen LogP contribution in [-0.2, 0) is 0 Å². The number of hydrogen-bond donors (Lipinski definition) is 1. The Bertz CT molecular complexity index is 506. The highest BCUT2D eigenvalue weighted by Gasteiger charge is 2.05. The van der Waals surface area contributed by atoms with Crippen molar-refractivity contribution in [3.05, 3.63) is 42.5 Å². The van der Waals surface area contributed by atoms with Crippen LogP contribution in [0.5, 0.6) is 11.5 Å². The number of rotatable bonds is 3. The van der Waals surface area contributed by atoms with Gasteiger partial charge in [-0.3, -0.25) is 0 Å². The van der Waals surface area contributed by atoms with Crippen LogP contribution in [0, 0.1) is 0 Å². The smallest absolute Gasteiger partial charge is 0.161 e. The molecule has 88 valence electrons. The lowest BCUT2D eigenvalue weighted by atomic mass is 10.1. The lowest BCUT2D eigenvalue weighted by Crippen LogP contribution is -1.90. The summed E-state index contributed by atoms with van der Waals surface area (Å²) in [6.07, 6.45) is 0. The van der Waals surface area contributed by atoms with E-state index in [0.29, 0.717) is 0 Å². The first kappa shape index (κ1) is 11.9. The molecule has 2 rings (SSSR count). The molecule has 0 saturated carbocycles. The molecule has 3 heteroatoms. The molecule has 0 aliphatic carbocycles. The standard InChI is InChI=1S/C14H14O2S/c1-15-13-8-5-11(9-14(13)16-2)10-3-6-12(17)7-4-10/h3-9,17H,1-2H3. The van der Waals surface area contributed by atoms with E-state index in [-0.39, 0.29) is 0 Å². The predicted molar refractivity (Wildman–Crippen MR) is 72.2 cm³/mol. The van der Waals surface area contributed by atoms with Crippen LogP contribution < -0.4 is 9.47 Å². The van der Waals surface area contributed by atoms with Gasteiger partial charge in [-0.2, -0.15) is 0 Å². The Balaban J connectivity index is 2.42. The van der Waals surface area contributed by atoms with Crippen LogP contribution in [0.4, 0.5) is 0 Å². The fraction of sp³-hybridized carbons (Fsp3) is 0.143. The van der Waals surface area contributed by atoms with E-state index in [2.05, 4.69) is 12.6 Å². The minimum Gasteiger partial charge on any atom is -0.493 e. The van der Waals surface area contributed by atoms with Crippen molar-refractivity contribution in [3.8, 4) is 22.6 Å². The fourth-order valence-electron chi connectivity index (χ4n) is 1.67. The Kier molecular flexibility index (Phi) is 3.59. The maximum Gasteiger partial charge on any atom is 0.161 e. The lowest BCUT2D eigenvalue weighted by molar-refractivity contribution is 0.355. The monoisotopic (exact) mass is 246 g/mol. The molecule has 0 radical (unpaired) electrons. The molecular formula is C14H14O2S. The summed E-state index contributed by atoms with van der Waals surface area (Å²) >= 11 is 4.27. The van der Waals surface area contributed by atoms with Gasteiger partial charge in [-0.25, -0.2) is 0 Å². The molecule has 0 spiro atoms. The Morgan fingerprint density at radius 1 is 0.765 bits per heavy atom. The van der Waals surface area contributed by atoms with Crippen LogP contribution in [0.1, 0.15) is 0 Å². The van der Waals surface area contributed by atoms with Gasteiger partial charge in [-0.05, 0) is 35.4 Å². The van der Waals surface area contributed by atoms with Gasteiger partial charge in [0.2, 0.25) is 0 Å². The van der Waals surface area contributed by atoms with E-state index < -0.39 is 0 Å². The molecular weight excluding hydrogens is 232 g/mol. The molecule has 0 aliphatic heterocycles. The SMILES string of the molecule is COc1ccc(-c2ccc(S)cc2)cc1OC. The van der Waals surface area contributed by atoms with Crippen molar-refractivity contribution in [2.75, 3.05) is 14.2 Å². The highest BCUT2D eigenvalue weighted by atomic mass is 32.1. The Hall–Kier alpha value is -1.61. The largest absolute Gasteiger partial charge is 0.493 e. The lowest BCUT2D eigenvalue weighted by Gasteiger charge is -2.09. The van der Waals surface area contributed by atoms with Crippen molar-refractivity contribution in [2.45, 2.75) is 4.90 Å². The normalized spacial score (nSPS) is 10.1. The van der Waals surface area contributed by atoms with Gasteiger partial charge in [-0.1, -0.05) is 18.2 Å². The van der Waals surface area contributed by atoms with E-state index in [9.17, 15) is 0 Å². The molecule has 2 nitrogen and oxygen atoms in total. The quantitative estimate of drug-likeness (QED) is 0.833. The number of hydrogen-bond acceptors (Lipinski definition) is 3. The molecule has 0 heterocycles. The van der Waals surface area contributed by atoms with Crippen molar-refractivity contribution in [1.82, 2.24) is 0 Å². The minimum absolute atomic E-state index is 0.736. The third-order valence-electron chi connectivity index (χ3n) is 2.58. The van der Waals surface area contributed by atoms with Crippen molar-refractivity contribution >= 4 is 12.6 Å². The minimum atomic E-state index is 0.736. The first-order chi connectivity index (χ1) is 8.24. The third kappa shape index (κ3) is 2.56. The molecule has 2 aromatic rings. The molecule has 2 aromatic carbocycles. The zero-order valence-electron chi connectivity index (χ0n) is 9.81. The van der Waals surface area contributed by atoms with Crippen LogP contribution >= 0.6 is 12.6 Å². The maximum absolute atomic E-state index is 5.28. The number of ether oxygens (including phenoxy) is 2. The van der Waals surface area contributed by atoms with Crippen molar-refractivity contribution in [3.63, 3.8) is 0 Å². The zero-order chi connectivity index (χ0) is 12.3. The number of methoxy groups -OCH3 is 2. The van der Waals surface area contributed by atoms with Gasteiger partial charge in [0.1, 0.15) is 0 Å². The van der Waals surface area contributed by atoms with Gasteiger partial charge < -0.3 is 9.47 Å². The Morgan fingerprint density at radius 3 is 1.94 bits per heavy atom. The molecule has 0 atom stereocenters. The van der Waals surface area contributed by atoms with Gasteiger partial charge in [0.05, 0.1) is 14.2 Å². The van der Waals surface area contributed by atoms with Crippen LogP contribution in [0.2, 0.25) is 0 Å². The molecule has 0 N–H and O–H groups in total. The van der Waals surface area contributed by atoms with Gasteiger partial charge in [0, 0.05) is 4.90 Å². The molecule has 0 unspecified atom stereocenters. The molecule has 0 fully saturated rings. The summed E-state index contributed by atoms with van der Waals surface area (Å²) in [5.74, 6) is 1.47. The molecule has 0 aliphatic rings. The summed E-state index contributed by atoms with van der Waals surface area (Å²) in [7, 11) is 3.27. The van der Waals surface area contributed by atoms with Crippen LogP contribution in [0.15, 0.2) is 47.4 Å². The van der Waals surface area contributed by atoms with Crippen molar-refractivity contribution < 1.29 is 9.47 Å². The summed E-state index contributed by atoms with van der Waals surface area (Å²) in [5, 5.41) is 0. The molecule has 0 bridgehead atoms. The van der Waals surface area contributed by atoms with E-state index >= 15 is 0 Å². The van der Waals surface area contributed by atoms with E-state index in [1.54, 1.807) is 14.2 Å². The second kappa shape index (κ2) is 5.15. The predicted octanol–water partition coefficient (Wildman–Crippen LogP) is 3.66. The van der Waals surface area contributed by atoms with E-state index in [4.69, 9.17) is 9.47 Å². The van der Waals surface area contributed by atoms with Gasteiger partial charge in [0.15, 0.2) is 11.5 Å². The Labute approximate surface area is 107 Å². The third-order valence-corrected chi connectivity index (χ3v) is 2.88. The van der Waals surface area contributed by atoms with Gasteiger partial charge in [-0.15, -0.1) is 12.6 Å². The number of thiol groups is 1. The van der Waals surface area contributed by atoms with Crippen molar-refractivity contribution in [2.24, 2.45) is 0 Å². The van der Waals surface area contributed by atoms with E-state index in [0.717, 1.165) is 27.5 Å². The molecule has 0 amide bonds. The summed E-state index contributed by atoms with van der Waals surface area (Å²) < 4.78 is 10.5. The second-order valence-electron chi connectivity index (χ2n) is 3.62. The van der Waals surface area contributed by atoms with Crippen LogP contribution in [-0.4, -0.2) is 14.2 Å². The molecule has 17 heavy (non-hydrogen) atoms. The van der Waals surface area contributed by atoms with Crippen LogP contribution in [0.3, 0.4) is 0 Å². The van der Waals surface area contributed by atoms with Crippen molar-refractivity contribution in [1.29, 1.82) is 0 Å². The Morgan fingerprint density at radius 2 is 1.35 bits per heavy atom. The van der Waals surface area contributed by atoms with E-state index in [1.165, 1.54) is 0 Å². The van der Waals surface area contributed by atoms with Crippen LogP contribution in [0.25, 0.3) is 11.1 Å². The topological polar surface area (TPSA) is 18.5 Å². The van der Waals surface area contributed by atoms with Gasteiger partial charge >= 0.3 is 0 Å². The van der Waals surface area contributed by atoms with E-state index in [1.807, 2.05) is 42.5 Å². The summed E-state index contributed by atoms with van der Waals surface area (Å²) in [4.78, 5) is 0.953. The summed E-state index contributed by atoms with van der Waals surface area (Å²) in [5.41, 5.74) is 2.22. The fourth-order valence-corrected chi connectivity index (χ4v) is 1.82. The maximum atomic E-state index is 5.28. The summed E-state index contributed by atoms with van der Waals surface area (Å²) in [6.45, 7) is 0.